The molecule has 51 valence electrons. The number of hydrogen-bond acceptors (Lipinski definition) is 2. The lowest BCUT2D eigenvalue weighted by Gasteiger charge is -2.22. The van der Waals surface area contributed by atoms with Crippen molar-refractivity contribution in [3.63, 3.8) is 0 Å². The van der Waals surface area contributed by atoms with Crippen LogP contribution in [0.25, 0.3) is 0 Å². The Bertz CT molecular complexity index is 172. The van der Waals surface area contributed by atoms with Gasteiger partial charge >= 0.3 is 0 Å². The molecule has 0 aromatic heterocycles. The van der Waals surface area contributed by atoms with Crippen molar-refractivity contribution in [1.82, 2.24) is 0 Å². The molecule has 0 spiro atoms. The zero-order valence-corrected chi connectivity index (χ0v) is 5.80. The van der Waals surface area contributed by atoms with Crippen molar-refractivity contribution < 1.29 is 0 Å². The van der Waals surface area contributed by atoms with Crippen LogP contribution in [0.2, 0.25) is 0 Å². The standard InChI is InChI=1S/C8H9N2/c9-6-8(7-10)4-2-1-3-5-8/h2H,1,3-5H2. The van der Waals surface area contributed by atoms with Gasteiger partial charge in [-0.25, -0.2) is 0 Å². The molecule has 1 saturated carbocycles. The summed E-state index contributed by atoms with van der Waals surface area (Å²) in [7, 11) is 0. The van der Waals surface area contributed by atoms with Gasteiger partial charge in [0, 0.05) is 0 Å². The van der Waals surface area contributed by atoms with Crippen molar-refractivity contribution in [3.05, 3.63) is 6.42 Å². The van der Waals surface area contributed by atoms with E-state index in [9.17, 15) is 0 Å². The largest absolute Gasteiger partial charge is 0.197 e. The molecule has 1 aliphatic carbocycles. The van der Waals surface area contributed by atoms with Crippen LogP contribution in [0, 0.1) is 34.5 Å². The van der Waals surface area contributed by atoms with Crippen LogP contribution in [0.15, 0.2) is 0 Å². The fraction of sp³-hybridized carbons (Fsp3) is 0.625. The maximum absolute atomic E-state index is 8.65. The monoisotopic (exact) mass is 133 g/mol. The minimum Gasteiger partial charge on any atom is -0.197 e. The molecule has 1 aliphatic rings. The van der Waals surface area contributed by atoms with Crippen molar-refractivity contribution in [2.75, 3.05) is 0 Å². The summed E-state index contributed by atoms with van der Waals surface area (Å²) >= 11 is 0. The van der Waals surface area contributed by atoms with Crippen molar-refractivity contribution in [3.8, 4) is 12.1 Å². The van der Waals surface area contributed by atoms with Crippen molar-refractivity contribution in [2.45, 2.75) is 25.7 Å². The molecule has 0 aliphatic heterocycles. The minimum absolute atomic E-state index is 0.653. The van der Waals surface area contributed by atoms with Crippen LogP contribution < -0.4 is 0 Å². The lowest BCUT2D eigenvalue weighted by molar-refractivity contribution is 0.402. The molecule has 0 saturated heterocycles. The molecular formula is C8H9N2. The van der Waals surface area contributed by atoms with Crippen LogP contribution in [0.5, 0.6) is 0 Å². The van der Waals surface area contributed by atoms with E-state index in [1.54, 1.807) is 0 Å². The Morgan fingerprint density at radius 3 is 2.30 bits per heavy atom. The number of nitriles is 2. The third-order valence-electron chi connectivity index (χ3n) is 1.93. The Labute approximate surface area is 61.1 Å². The van der Waals surface area contributed by atoms with Crippen molar-refractivity contribution in [1.29, 1.82) is 10.5 Å². The van der Waals surface area contributed by atoms with E-state index in [0.29, 0.717) is 6.42 Å². The van der Waals surface area contributed by atoms with Crippen molar-refractivity contribution >= 4 is 0 Å². The van der Waals surface area contributed by atoms with E-state index in [-0.39, 0.29) is 0 Å². The smallest absolute Gasteiger partial charge is 0.144 e. The van der Waals surface area contributed by atoms with Crippen LogP contribution in [-0.2, 0) is 0 Å². The van der Waals surface area contributed by atoms with Gasteiger partial charge in [-0.15, -0.1) is 0 Å². The molecule has 0 aromatic rings. The molecule has 0 bridgehead atoms. The van der Waals surface area contributed by atoms with Gasteiger partial charge in [0.05, 0.1) is 12.1 Å². The van der Waals surface area contributed by atoms with Crippen LogP contribution in [0.4, 0.5) is 0 Å². The van der Waals surface area contributed by atoms with Crippen molar-refractivity contribution in [2.24, 2.45) is 5.41 Å². The Morgan fingerprint density at radius 1 is 1.30 bits per heavy atom. The fourth-order valence-corrected chi connectivity index (χ4v) is 1.23. The minimum atomic E-state index is -0.682. The van der Waals surface area contributed by atoms with Crippen LogP contribution in [0.3, 0.4) is 0 Å². The lowest BCUT2D eigenvalue weighted by Crippen LogP contribution is -2.19. The number of rotatable bonds is 0. The predicted octanol–water partition coefficient (Wildman–Crippen LogP) is 1.80. The molecule has 10 heavy (non-hydrogen) atoms. The first-order valence-electron chi connectivity index (χ1n) is 3.47. The summed E-state index contributed by atoms with van der Waals surface area (Å²) in [6.07, 6.45) is 5.48. The van der Waals surface area contributed by atoms with E-state index in [1.165, 1.54) is 0 Å². The Morgan fingerprint density at radius 2 is 2.00 bits per heavy atom. The molecule has 0 unspecified atom stereocenters. The molecule has 2 heteroatoms. The van der Waals surface area contributed by atoms with Crippen LogP contribution in [0.1, 0.15) is 25.7 Å². The Kier molecular flexibility index (Phi) is 1.92. The molecule has 0 heterocycles. The van der Waals surface area contributed by atoms with E-state index in [0.717, 1.165) is 19.3 Å². The molecular weight excluding hydrogens is 124 g/mol. The zero-order valence-electron chi connectivity index (χ0n) is 5.80. The summed E-state index contributed by atoms with van der Waals surface area (Å²) in [5, 5.41) is 17.3. The summed E-state index contributed by atoms with van der Waals surface area (Å²) in [6, 6.07) is 4.15. The maximum Gasteiger partial charge on any atom is 0.144 e. The van der Waals surface area contributed by atoms with E-state index >= 15 is 0 Å². The second kappa shape index (κ2) is 2.71. The Hall–Kier alpha value is -1.02. The summed E-state index contributed by atoms with van der Waals surface area (Å²) in [5.74, 6) is 0. The number of nitrogens with zero attached hydrogens (tertiary/aromatic N) is 2. The third kappa shape index (κ3) is 1.11. The highest BCUT2D eigenvalue weighted by Crippen LogP contribution is 2.33. The van der Waals surface area contributed by atoms with Gasteiger partial charge in [0.15, 0.2) is 0 Å². The van der Waals surface area contributed by atoms with Gasteiger partial charge in [0.1, 0.15) is 5.41 Å². The van der Waals surface area contributed by atoms with E-state index in [1.807, 2.05) is 6.42 Å². The lowest BCUT2D eigenvalue weighted by atomic mass is 9.77. The number of hydrogen-bond donors (Lipinski definition) is 0. The first-order chi connectivity index (χ1) is 4.83. The van der Waals surface area contributed by atoms with E-state index < -0.39 is 5.41 Å². The topological polar surface area (TPSA) is 47.6 Å². The third-order valence-corrected chi connectivity index (χ3v) is 1.93. The van der Waals surface area contributed by atoms with Gasteiger partial charge in [0.25, 0.3) is 0 Å². The molecule has 0 amide bonds. The van der Waals surface area contributed by atoms with Gasteiger partial charge in [0.2, 0.25) is 0 Å². The van der Waals surface area contributed by atoms with Crippen LogP contribution >= 0.6 is 0 Å². The second-order valence-electron chi connectivity index (χ2n) is 2.69. The normalized spacial score (nSPS) is 22.6. The maximum atomic E-state index is 8.65. The van der Waals surface area contributed by atoms with E-state index in [2.05, 4.69) is 12.1 Å². The summed E-state index contributed by atoms with van der Waals surface area (Å²) in [6.45, 7) is 0. The molecule has 1 fully saturated rings. The average molecular weight is 133 g/mol. The fourth-order valence-electron chi connectivity index (χ4n) is 1.23. The molecule has 0 atom stereocenters. The first kappa shape index (κ1) is 7.09. The van der Waals surface area contributed by atoms with Gasteiger partial charge < -0.3 is 0 Å². The molecule has 1 rings (SSSR count). The average Bonchev–Trinajstić information content (AvgIpc) is 2.06. The highest BCUT2D eigenvalue weighted by Gasteiger charge is 2.31. The second-order valence-corrected chi connectivity index (χ2v) is 2.69. The molecule has 1 radical (unpaired) electrons. The van der Waals surface area contributed by atoms with E-state index in [4.69, 9.17) is 10.5 Å². The van der Waals surface area contributed by atoms with Crippen LogP contribution in [-0.4, -0.2) is 0 Å². The molecule has 0 aromatic carbocycles. The molecule has 2 nitrogen and oxygen atoms in total. The SMILES string of the molecule is N#CC1(C#N)C[CH]CCC1. The quantitative estimate of drug-likeness (QED) is 0.505. The summed E-state index contributed by atoms with van der Waals surface area (Å²) < 4.78 is 0. The molecule has 0 N–H and O–H groups in total. The highest BCUT2D eigenvalue weighted by molar-refractivity contribution is 5.16. The van der Waals surface area contributed by atoms with Gasteiger partial charge in [-0.2, -0.15) is 10.5 Å². The predicted molar refractivity (Wildman–Crippen MR) is 36.4 cm³/mol. The highest BCUT2D eigenvalue weighted by atomic mass is 14.4. The van der Waals surface area contributed by atoms with Gasteiger partial charge in [-0.1, -0.05) is 6.42 Å². The van der Waals surface area contributed by atoms with Gasteiger partial charge in [-0.05, 0) is 25.7 Å². The summed E-state index contributed by atoms with van der Waals surface area (Å²) in [5.41, 5.74) is -0.682. The summed E-state index contributed by atoms with van der Waals surface area (Å²) in [4.78, 5) is 0. The first-order valence-corrected chi connectivity index (χ1v) is 3.47. The van der Waals surface area contributed by atoms with Gasteiger partial charge in [-0.3, -0.25) is 0 Å². The zero-order chi connectivity index (χ0) is 7.45. The Balaban J connectivity index is 2.67.